The second kappa shape index (κ2) is 6.13. The van der Waals surface area contributed by atoms with Crippen molar-refractivity contribution in [1.82, 2.24) is 9.88 Å². The van der Waals surface area contributed by atoms with Crippen LogP contribution >= 0.6 is 0 Å². The minimum atomic E-state index is -0.287. The summed E-state index contributed by atoms with van der Waals surface area (Å²) in [5.41, 5.74) is 4.17. The zero-order valence-electron chi connectivity index (χ0n) is 14.0. The van der Waals surface area contributed by atoms with E-state index in [1.807, 2.05) is 30.3 Å². The highest BCUT2D eigenvalue weighted by Crippen LogP contribution is 2.32. The summed E-state index contributed by atoms with van der Waals surface area (Å²) in [4.78, 5) is 29.8. The van der Waals surface area contributed by atoms with Gasteiger partial charge in [-0.15, -0.1) is 0 Å². The Bertz CT molecular complexity index is 966. The van der Waals surface area contributed by atoms with E-state index in [1.54, 1.807) is 13.2 Å². The number of carbonyl (C=O) groups is 2. The Kier molecular flexibility index (Phi) is 3.80. The van der Waals surface area contributed by atoms with Crippen LogP contribution < -0.4 is 0 Å². The van der Waals surface area contributed by atoms with E-state index in [4.69, 9.17) is 0 Å². The van der Waals surface area contributed by atoms with Crippen molar-refractivity contribution in [3.63, 3.8) is 0 Å². The Morgan fingerprint density at radius 2 is 1.84 bits per heavy atom. The molecule has 1 aliphatic heterocycles. The molecule has 124 valence electrons. The van der Waals surface area contributed by atoms with Gasteiger partial charge in [-0.25, -0.2) is 0 Å². The molecular weight excluding hydrogens is 312 g/mol. The molecule has 2 aromatic carbocycles. The molecule has 0 radical (unpaired) electrons. The van der Waals surface area contributed by atoms with E-state index in [0.29, 0.717) is 6.42 Å². The molecule has 4 nitrogen and oxygen atoms in total. The number of fused-ring (bicyclic) bond motifs is 1. The van der Waals surface area contributed by atoms with Crippen molar-refractivity contribution in [2.45, 2.75) is 12.8 Å². The van der Waals surface area contributed by atoms with Gasteiger partial charge in [0.15, 0.2) is 0 Å². The van der Waals surface area contributed by atoms with Gasteiger partial charge in [0.25, 0.3) is 0 Å². The smallest absolute Gasteiger partial charge is 0.232 e. The van der Waals surface area contributed by atoms with Crippen LogP contribution in [0.5, 0.6) is 0 Å². The standard InChI is InChI=1S/C21H18N2O2/c1-23-19(24)13-16(21(23)25)12-15-9-10-17(14-6-3-2-4-7-14)18-8-5-11-22-20(15)18/h2-11,16H,12-13H2,1H3. The first-order chi connectivity index (χ1) is 12.1. The van der Waals surface area contributed by atoms with Crippen molar-refractivity contribution in [2.75, 3.05) is 7.05 Å². The quantitative estimate of drug-likeness (QED) is 0.691. The molecule has 4 rings (SSSR count). The molecule has 0 bridgehead atoms. The lowest BCUT2D eigenvalue weighted by atomic mass is 9.92. The van der Waals surface area contributed by atoms with Gasteiger partial charge in [-0.05, 0) is 29.2 Å². The Morgan fingerprint density at radius 3 is 2.56 bits per heavy atom. The van der Waals surface area contributed by atoms with Crippen molar-refractivity contribution in [2.24, 2.45) is 5.92 Å². The molecule has 1 aromatic heterocycles. The fraction of sp³-hybridized carbons (Fsp3) is 0.190. The normalized spacial score (nSPS) is 17.5. The molecule has 1 atom stereocenters. The average molecular weight is 330 g/mol. The van der Waals surface area contributed by atoms with Gasteiger partial charge < -0.3 is 0 Å². The highest BCUT2D eigenvalue weighted by atomic mass is 16.2. The van der Waals surface area contributed by atoms with Gasteiger partial charge in [0.2, 0.25) is 11.8 Å². The minimum Gasteiger partial charge on any atom is -0.285 e. The Hall–Kier alpha value is -3.01. The van der Waals surface area contributed by atoms with Gasteiger partial charge in [0.05, 0.1) is 11.4 Å². The van der Waals surface area contributed by atoms with Crippen LogP contribution in [0.15, 0.2) is 60.8 Å². The number of nitrogens with zero attached hydrogens (tertiary/aromatic N) is 2. The lowest BCUT2D eigenvalue weighted by Crippen LogP contribution is -2.26. The Balaban J connectivity index is 1.77. The molecule has 1 unspecified atom stereocenters. The molecule has 0 aliphatic carbocycles. The summed E-state index contributed by atoms with van der Waals surface area (Å²) < 4.78 is 0. The molecule has 1 aliphatic rings. The first-order valence-electron chi connectivity index (χ1n) is 8.37. The van der Waals surface area contributed by atoms with Gasteiger partial charge in [-0.2, -0.15) is 0 Å². The predicted octanol–water partition coefficient (Wildman–Crippen LogP) is 3.45. The number of likely N-dealkylation sites (tertiary alicyclic amines) is 1. The van der Waals surface area contributed by atoms with Crippen LogP contribution in [-0.4, -0.2) is 28.7 Å². The number of hydrogen-bond acceptors (Lipinski definition) is 3. The number of rotatable bonds is 3. The van der Waals surface area contributed by atoms with Crippen LogP contribution in [-0.2, 0) is 16.0 Å². The zero-order valence-corrected chi connectivity index (χ0v) is 14.0. The number of benzene rings is 2. The largest absolute Gasteiger partial charge is 0.285 e. The second-order valence-electron chi connectivity index (χ2n) is 6.43. The van der Waals surface area contributed by atoms with Gasteiger partial charge in [-0.3, -0.25) is 19.5 Å². The molecule has 2 amide bonds. The summed E-state index contributed by atoms with van der Waals surface area (Å²) in [6.45, 7) is 0. The van der Waals surface area contributed by atoms with Gasteiger partial charge >= 0.3 is 0 Å². The second-order valence-corrected chi connectivity index (χ2v) is 6.43. The lowest BCUT2D eigenvalue weighted by molar-refractivity contribution is -0.137. The molecule has 1 saturated heterocycles. The van der Waals surface area contributed by atoms with Gasteiger partial charge in [-0.1, -0.05) is 48.5 Å². The first kappa shape index (κ1) is 15.5. The van der Waals surface area contributed by atoms with Crippen LogP contribution in [0.25, 0.3) is 22.0 Å². The fourth-order valence-electron chi connectivity index (χ4n) is 3.52. The monoisotopic (exact) mass is 330 g/mol. The van der Waals surface area contributed by atoms with Crippen molar-refractivity contribution >= 4 is 22.7 Å². The Labute approximate surface area is 146 Å². The van der Waals surface area contributed by atoms with Crippen LogP contribution in [0.1, 0.15) is 12.0 Å². The molecule has 1 fully saturated rings. The van der Waals surface area contributed by atoms with Crippen LogP contribution in [0.2, 0.25) is 0 Å². The lowest BCUT2D eigenvalue weighted by Gasteiger charge is -2.13. The third kappa shape index (κ3) is 2.70. The average Bonchev–Trinajstić information content (AvgIpc) is 2.89. The minimum absolute atomic E-state index is 0.0961. The summed E-state index contributed by atoms with van der Waals surface area (Å²) in [5, 5.41) is 1.07. The summed E-state index contributed by atoms with van der Waals surface area (Å²) in [6.07, 6.45) is 2.59. The summed E-state index contributed by atoms with van der Waals surface area (Å²) in [5.74, 6) is -0.486. The summed E-state index contributed by atoms with van der Waals surface area (Å²) in [6, 6.07) is 18.3. The third-order valence-corrected chi connectivity index (χ3v) is 4.88. The SMILES string of the molecule is CN1C(=O)CC(Cc2ccc(-c3ccccc3)c3cccnc23)C1=O. The number of pyridine rings is 1. The van der Waals surface area contributed by atoms with E-state index in [0.717, 1.165) is 27.6 Å². The fourth-order valence-corrected chi connectivity index (χ4v) is 3.52. The summed E-state index contributed by atoms with van der Waals surface area (Å²) >= 11 is 0. The van der Waals surface area contributed by atoms with Crippen molar-refractivity contribution in [1.29, 1.82) is 0 Å². The van der Waals surface area contributed by atoms with Crippen LogP contribution in [0.3, 0.4) is 0 Å². The number of aromatic nitrogens is 1. The van der Waals surface area contributed by atoms with Crippen molar-refractivity contribution in [3.05, 3.63) is 66.4 Å². The molecule has 3 aromatic rings. The highest BCUT2D eigenvalue weighted by Gasteiger charge is 2.36. The zero-order chi connectivity index (χ0) is 17.4. The summed E-state index contributed by atoms with van der Waals surface area (Å²) in [7, 11) is 1.56. The first-order valence-corrected chi connectivity index (χ1v) is 8.37. The van der Waals surface area contributed by atoms with Crippen LogP contribution in [0, 0.1) is 5.92 Å². The van der Waals surface area contributed by atoms with E-state index in [9.17, 15) is 9.59 Å². The van der Waals surface area contributed by atoms with E-state index in [2.05, 4.69) is 29.2 Å². The number of hydrogen-bond donors (Lipinski definition) is 0. The van der Waals surface area contributed by atoms with E-state index < -0.39 is 0 Å². The molecule has 25 heavy (non-hydrogen) atoms. The maximum absolute atomic E-state index is 12.2. The highest BCUT2D eigenvalue weighted by molar-refractivity contribution is 6.03. The molecule has 0 N–H and O–H groups in total. The topological polar surface area (TPSA) is 50.3 Å². The molecular formula is C21H18N2O2. The van der Waals surface area contributed by atoms with E-state index in [-0.39, 0.29) is 24.2 Å². The molecule has 0 saturated carbocycles. The van der Waals surface area contributed by atoms with E-state index in [1.165, 1.54) is 4.90 Å². The molecule has 0 spiro atoms. The number of carbonyl (C=O) groups excluding carboxylic acids is 2. The third-order valence-electron chi connectivity index (χ3n) is 4.88. The molecule has 2 heterocycles. The van der Waals surface area contributed by atoms with Crippen molar-refractivity contribution < 1.29 is 9.59 Å². The van der Waals surface area contributed by atoms with Gasteiger partial charge in [0.1, 0.15) is 0 Å². The maximum atomic E-state index is 12.2. The van der Waals surface area contributed by atoms with Crippen molar-refractivity contribution in [3.8, 4) is 11.1 Å². The van der Waals surface area contributed by atoms with Gasteiger partial charge in [0, 0.05) is 25.1 Å². The van der Waals surface area contributed by atoms with Crippen LogP contribution in [0.4, 0.5) is 0 Å². The number of imide groups is 1. The predicted molar refractivity (Wildman–Crippen MR) is 96.8 cm³/mol. The Morgan fingerprint density at radius 1 is 1.04 bits per heavy atom. The van der Waals surface area contributed by atoms with E-state index >= 15 is 0 Å². The maximum Gasteiger partial charge on any atom is 0.232 e. The molecule has 4 heteroatoms. The number of amides is 2.